The molecule has 3 aliphatic rings. The van der Waals surface area contributed by atoms with E-state index >= 15 is 0 Å². The molecule has 0 radical (unpaired) electrons. The summed E-state index contributed by atoms with van der Waals surface area (Å²) in [5.41, 5.74) is 2.47. The number of hydrogen-bond donors (Lipinski definition) is 1. The molecule has 3 fully saturated rings. The Balaban J connectivity index is 1.15. The van der Waals surface area contributed by atoms with Crippen LogP contribution in [0, 0.1) is 5.92 Å². The zero-order chi connectivity index (χ0) is 21.8. The van der Waals surface area contributed by atoms with E-state index < -0.39 is 0 Å². The maximum atomic E-state index is 6.12. The molecule has 1 aromatic heterocycles. The van der Waals surface area contributed by atoms with Crippen LogP contribution >= 0.6 is 0 Å². The zero-order valence-electron chi connectivity index (χ0n) is 18.8. The van der Waals surface area contributed by atoms with Gasteiger partial charge in [0.1, 0.15) is 0 Å². The standard InChI is InChI=1S/C25H33N5O2/c1-26-25(28-14-21-9-10-24(27-13-21)32-18-20-7-8-20)30-16-22-23(17-30)31-12-11-29(22)15-19-5-3-2-4-6-19/h2-6,9-10,13,20,22-23H,7-8,11-12,14-18H2,1H3,(H,26,28). The van der Waals surface area contributed by atoms with Crippen LogP contribution < -0.4 is 10.1 Å². The van der Waals surface area contributed by atoms with Crippen molar-refractivity contribution in [1.82, 2.24) is 20.1 Å². The third-order valence-corrected chi connectivity index (χ3v) is 6.57. The second kappa shape index (κ2) is 9.88. The quantitative estimate of drug-likeness (QED) is 0.533. The van der Waals surface area contributed by atoms with Gasteiger partial charge >= 0.3 is 0 Å². The first-order chi connectivity index (χ1) is 15.8. The molecule has 2 aromatic rings. The van der Waals surface area contributed by atoms with Crippen molar-refractivity contribution in [3.05, 3.63) is 59.8 Å². The number of aliphatic imine (C=N–C) groups is 1. The van der Waals surface area contributed by atoms with Crippen LogP contribution in [0.15, 0.2) is 53.7 Å². The second-order valence-electron chi connectivity index (χ2n) is 9.00. The summed E-state index contributed by atoms with van der Waals surface area (Å²) in [6.07, 6.45) is 4.68. The van der Waals surface area contributed by atoms with E-state index in [0.29, 0.717) is 18.5 Å². The SMILES string of the molecule is CN=C(NCc1ccc(OCC2CC2)nc1)N1CC2OCCN(Cc3ccccc3)C2C1. The number of ether oxygens (including phenoxy) is 2. The minimum atomic E-state index is 0.218. The van der Waals surface area contributed by atoms with Crippen LogP contribution in [0.5, 0.6) is 5.88 Å². The summed E-state index contributed by atoms with van der Waals surface area (Å²) >= 11 is 0. The predicted octanol–water partition coefficient (Wildman–Crippen LogP) is 2.53. The second-order valence-corrected chi connectivity index (χ2v) is 9.00. The van der Waals surface area contributed by atoms with E-state index in [2.05, 4.69) is 61.5 Å². The molecule has 1 N–H and O–H groups in total. The first-order valence-electron chi connectivity index (χ1n) is 11.7. The Morgan fingerprint density at radius 2 is 2.03 bits per heavy atom. The smallest absolute Gasteiger partial charge is 0.213 e. The Kier molecular flexibility index (Phi) is 6.55. The lowest BCUT2D eigenvalue weighted by molar-refractivity contribution is -0.0502. The summed E-state index contributed by atoms with van der Waals surface area (Å²) in [7, 11) is 1.85. The summed E-state index contributed by atoms with van der Waals surface area (Å²) < 4.78 is 11.9. The Bertz CT molecular complexity index is 900. The zero-order valence-corrected chi connectivity index (χ0v) is 18.8. The normalized spacial score (nSPS) is 23.8. The molecule has 5 rings (SSSR count). The van der Waals surface area contributed by atoms with E-state index in [1.165, 1.54) is 18.4 Å². The van der Waals surface area contributed by atoms with Gasteiger partial charge in [-0.2, -0.15) is 0 Å². The first-order valence-corrected chi connectivity index (χ1v) is 11.7. The Morgan fingerprint density at radius 1 is 1.16 bits per heavy atom. The van der Waals surface area contributed by atoms with Crippen LogP contribution in [0.1, 0.15) is 24.0 Å². The molecule has 1 aromatic carbocycles. The van der Waals surface area contributed by atoms with Crippen molar-refractivity contribution in [1.29, 1.82) is 0 Å². The van der Waals surface area contributed by atoms with E-state index in [0.717, 1.165) is 56.8 Å². The van der Waals surface area contributed by atoms with Crippen molar-refractivity contribution in [3.8, 4) is 5.88 Å². The van der Waals surface area contributed by atoms with Crippen LogP contribution in [0.25, 0.3) is 0 Å². The maximum absolute atomic E-state index is 6.12. The molecule has 0 spiro atoms. The molecule has 1 aliphatic carbocycles. The molecule has 2 atom stereocenters. The average molecular weight is 436 g/mol. The third-order valence-electron chi connectivity index (χ3n) is 6.57. The predicted molar refractivity (Wildman–Crippen MR) is 125 cm³/mol. The highest BCUT2D eigenvalue weighted by molar-refractivity contribution is 5.80. The van der Waals surface area contributed by atoms with Gasteiger partial charge in [-0.05, 0) is 29.9 Å². The van der Waals surface area contributed by atoms with Crippen LogP contribution in [0.4, 0.5) is 0 Å². The molecule has 170 valence electrons. The topological polar surface area (TPSA) is 62.2 Å². The van der Waals surface area contributed by atoms with Gasteiger partial charge in [0.25, 0.3) is 0 Å². The van der Waals surface area contributed by atoms with E-state index in [-0.39, 0.29) is 6.10 Å². The van der Waals surface area contributed by atoms with Gasteiger partial charge in [-0.25, -0.2) is 4.98 Å². The molecular formula is C25H33N5O2. The summed E-state index contributed by atoms with van der Waals surface area (Å²) in [6.45, 7) is 5.98. The highest BCUT2D eigenvalue weighted by Crippen LogP contribution is 2.29. The molecule has 7 nitrogen and oxygen atoms in total. The highest BCUT2D eigenvalue weighted by Gasteiger charge is 2.41. The molecule has 2 unspecified atom stereocenters. The number of nitrogens with one attached hydrogen (secondary N) is 1. The van der Waals surface area contributed by atoms with Crippen molar-refractivity contribution < 1.29 is 9.47 Å². The van der Waals surface area contributed by atoms with Gasteiger partial charge in [0.15, 0.2) is 5.96 Å². The molecular weight excluding hydrogens is 402 g/mol. The molecule has 3 heterocycles. The summed E-state index contributed by atoms with van der Waals surface area (Å²) in [5.74, 6) is 2.36. The number of likely N-dealkylation sites (tertiary alicyclic amines) is 1. The summed E-state index contributed by atoms with van der Waals surface area (Å²) in [6, 6.07) is 15.1. The first kappa shape index (κ1) is 21.2. The van der Waals surface area contributed by atoms with Crippen LogP contribution in [0.3, 0.4) is 0 Å². The minimum Gasteiger partial charge on any atom is -0.477 e. The van der Waals surface area contributed by atoms with E-state index in [4.69, 9.17) is 9.47 Å². The summed E-state index contributed by atoms with van der Waals surface area (Å²) in [5, 5.41) is 3.50. The lowest BCUT2D eigenvalue weighted by Gasteiger charge is -2.36. The van der Waals surface area contributed by atoms with Crippen molar-refractivity contribution in [2.45, 2.75) is 38.1 Å². The van der Waals surface area contributed by atoms with Gasteiger partial charge in [0.2, 0.25) is 5.88 Å². The lowest BCUT2D eigenvalue weighted by atomic mass is 10.1. The largest absolute Gasteiger partial charge is 0.477 e. The number of rotatable bonds is 7. The molecule has 0 amide bonds. The van der Waals surface area contributed by atoms with Crippen molar-refractivity contribution in [2.75, 3.05) is 39.9 Å². The van der Waals surface area contributed by atoms with Gasteiger partial charge < -0.3 is 19.7 Å². The molecule has 2 saturated heterocycles. The maximum Gasteiger partial charge on any atom is 0.213 e. The van der Waals surface area contributed by atoms with Crippen molar-refractivity contribution in [3.63, 3.8) is 0 Å². The summed E-state index contributed by atoms with van der Waals surface area (Å²) in [4.78, 5) is 13.9. The number of guanidine groups is 1. The van der Waals surface area contributed by atoms with Gasteiger partial charge in [-0.3, -0.25) is 9.89 Å². The van der Waals surface area contributed by atoms with Crippen molar-refractivity contribution >= 4 is 5.96 Å². The Hall–Kier alpha value is -2.64. The number of morpholine rings is 1. The van der Waals surface area contributed by atoms with Gasteiger partial charge in [-0.15, -0.1) is 0 Å². The third kappa shape index (κ3) is 5.22. The fraction of sp³-hybridized carbons (Fsp3) is 0.520. The van der Waals surface area contributed by atoms with Crippen molar-refractivity contribution in [2.24, 2.45) is 10.9 Å². The van der Waals surface area contributed by atoms with Crippen LogP contribution in [-0.2, 0) is 17.8 Å². The van der Waals surface area contributed by atoms with Gasteiger partial charge in [0, 0.05) is 52.0 Å². The van der Waals surface area contributed by atoms with E-state index in [1.807, 2.05) is 19.3 Å². The number of benzene rings is 1. The molecule has 32 heavy (non-hydrogen) atoms. The Morgan fingerprint density at radius 3 is 2.78 bits per heavy atom. The highest BCUT2D eigenvalue weighted by atomic mass is 16.5. The molecule has 2 aliphatic heterocycles. The minimum absolute atomic E-state index is 0.218. The Labute approximate surface area is 190 Å². The number of nitrogens with zero attached hydrogens (tertiary/aromatic N) is 4. The number of pyridine rings is 1. The lowest BCUT2D eigenvalue weighted by Crippen LogP contribution is -2.50. The van der Waals surface area contributed by atoms with Gasteiger partial charge in [0.05, 0.1) is 25.4 Å². The number of aromatic nitrogens is 1. The van der Waals surface area contributed by atoms with E-state index in [9.17, 15) is 0 Å². The van der Waals surface area contributed by atoms with Crippen LogP contribution in [0.2, 0.25) is 0 Å². The molecule has 1 saturated carbocycles. The number of fused-ring (bicyclic) bond motifs is 1. The van der Waals surface area contributed by atoms with Gasteiger partial charge in [-0.1, -0.05) is 36.4 Å². The fourth-order valence-electron chi connectivity index (χ4n) is 4.55. The fourth-order valence-corrected chi connectivity index (χ4v) is 4.55. The molecule has 7 heteroatoms. The van der Waals surface area contributed by atoms with Crippen LogP contribution in [-0.4, -0.2) is 72.8 Å². The van der Waals surface area contributed by atoms with E-state index in [1.54, 1.807) is 0 Å². The number of hydrogen-bond acceptors (Lipinski definition) is 5. The molecule has 0 bridgehead atoms. The monoisotopic (exact) mass is 435 g/mol. The average Bonchev–Trinajstić information content (AvgIpc) is 3.56.